The van der Waals surface area contributed by atoms with E-state index in [1.54, 1.807) is 0 Å². The summed E-state index contributed by atoms with van der Waals surface area (Å²) in [5.74, 6) is 1.16. The van der Waals surface area contributed by atoms with Crippen molar-refractivity contribution in [1.29, 1.82) is 0 Å². The zero-order valence-electron chi connectivity index (χ0n) is 10.6. The first-order chi connectivity index (χ1) is 8.99. The van der Waals surface area contributed by atoms with Gasteiger partial charge in [0.2, 0.25) is 0 Å². The lowest BCUT2D eigenvalue weighted by molar-refractivity contribution is 0.632. The average Bonchev–Trinajstić information content (AvgIpc) is 2.35. The van der Waals surface area contributed by atoms with Crippen LogP contribution in [-0.2, 0) is 6.42 Å². The van der Waals surface area contributed by atoms with Gasteiger partial charge < -0.3 is 0 Å². The van der Waals surface area contributed by atoms with Crippen LogP contribution in [0.5, 0.6) is 0 Å². The normalized spacial score (nSPS) is 11.1. The van der Waals surface area contributed by atoms with E-state index in [1.807, 2.05) is 24.3 Å². The van der Waals surface area contributed by atoms with Gasteiger partial charge in [-0.2, -0.15) is 0 Å². The van der Waals surface area contributed by atoms with Gasteiger partial charge in [0.25, 0.3) is 0 Å². The van der Waals surface area contributed by atoms with Crippen molar-refractivity contribution in [1.82, 2.24) is 9.97 Å². The first-order valence-electron chi connectivity index (χ1n) is 5.96. The zero-order valence-corrected chi connectivity index (χ0v) is 14.6. The lowest BCUT2D eigenvalue weighted by atomic mass is 10.1. The number of aromatic nitrogens is 2. The van der Waals surface area contributed by atoms with Gasteiger partial charge in [-0.1, -0.05) is 59.6 Å². The van der Waals surface area contributed by atoms with E-state index < -0.39 is 0 Å². The van der Waals surface area contributed by atoms with Gasteiger partial charge in [0.15, 0.2) is 5.82 Å². The SMILES string of the molecule is CC(C)Cc1nc(-c2ccccc2Br)nc(Cl)c1Br. The predicted molar refractivity (Wildman–Crippen MR) is 86.4 cm³/mol. The Hall–Kier alpha value is -0.450. The summed E-state index contributed by atoms with van der Waals surface area (Å²) >= 11 is 13.2. The highest BCUT2D eigenvalue weighted by Crippen LogP contribution is 2.31. The minimum absolute atomic E-state index is 0.455. The molecule has 0 aliphatic carbocycles. The van der Waals surface area contributed by atoms with Gasteiger partial charge in [-0.15, -0.1) is 0 Å². The summed E-state index contributed by atoms with van der Waals surface area (Å²) in [5.41, 5.74) is 1.89. The Labute approximate surface area is 134 Å². The molecule has 5 heteroatoms. The second-order valence-corrected chi connectivity index (χ2v) is 6.68. The van der Waals surface area contributed by atoms with Crippen molar-refractivity contribution in [3.8, 4) is 11.4 Å². The van der Waals surface area contributed by atoms with Crippen molar-refractivity contribution in [3.63, 3.8) is 0 Å². The van der Waals surface area contributed by atoms with E-state index in [0.717, 1.165) is 26.6 Å². The molecule has 0 amide bonds. The number of benzene rings is 1. The summed E-state index contributed by atoms with van der Waals surface area (Å²) in [5, 5.41) is 0.455. The molecule has 0 radical (unpaired) electrons. The van der Waals surface area contributed by atoms with E-state index in [1.165, 1.54) is 0 Å². The molecule has 0 N–H and O–H groups in total. The molecule has 0 aliphatic heterocycles. The molecule has 1 heterocycles. The molecule has 0 spiro atoms. The molecule has 0 atom stereocenters. The second kappa shape index (κ2) is 6.33. The smallest absolute Gasteiger partial charge is 0.162 e. The summed E-state index contributed by atoms with van der Waals surface area (Å²) in [7, 11) is 0. The largest absolute Gasteiger partial charge is 0.232 e. The molecule has 1 aromatic heterocycles. The molecule has 1 aromatic carbocycles. The number of halogens is 3. The molecule has 0 bridgehead atoms. The zero-order chi connectivity index (χ0) is 14.0. The van der Waals surface area contributed by atoms with Gasteiger partial charge in [-0.05, 0) is 34.3 Å². The maximum atomic E-state index is 6.19. The van der Waals surface area contributed by atoms with Crippen LogP contribution in [-0.4, -0.2) is 9.97 Å². The topological polar surface area (TPSA) is 25.8 Å². The Morgan fingerprint density at radius 1 is 1.16 bits per heavy atom. The number of hydrogen-bond acceptors (Lipinski definition) is 2. The maximum Gasteiger partial charge on any atom is 0.162 e. The van der Waals surface area contributed by atoms with Crippen LogP contribution in [0.15, 0.2) is 33.2 Å². The number of nitrogens with zero attached hydrogens (tertiary/aromatic N) is 2. The highest BCUT2D eigenvalue weighted by Gasteiger charge is 2.14. The number of rotatable bonds is 3. The van der Waals surface area contributed by atoms with Crippen LogP contribution in [0.3, 0.4) is 0 Å². The highest BCUT2D eigenvalue weighted by atomic mass is 79.9. The molecule has 2 aromatic rings. The summed E-state index contributed by atoms with van der Waals surface area (Å²) < 4.78 is 1.75. The fourth-order valence-electron chi connectivity index (χ4n) is 1.75. The fourth-order valence-corrected chi connectivity index (χ4v) is 2.74. The summed E-state index contributed by atoms with van der Waals surface area (Å²) in [4.78, 5) is 8.98. The van der Waals surface area contributed by atoms with Crippen LogP contribution in [0, 0.1) is 5.92 Å². The molecule has 2 nitrogen and oxygen atoms in total. The molecule has 0 fully saturated rings. The number of hydrogen-bond donors (Lipinski definition) is 0. The van der Waals surface area contributed by atoms with Crippen LogP contribution in [0.4, 0.5) is 0 Å². The van der Waals surface area contributed by atoms with Crippen LogP contribution >= 0.6 is 43.5 Å². The molecule has 100 valence electrons. The van der Waals surface area contributed by atoms with Gasteiger partial charge >= 0.3 is 0 Å². The van der Waals surface area contributed by atoms with Crippen molar-refractivity contribution in [3.05, 3.63) is 44.1 Å². The van der Waals surface area contributed by atoms with E-state index in [-0.39, 0.29) is 0 Å². The van der Waals surface area contributed by atoms with Gasteiger partial charge in [-0.3, -0.25) is 0 Å². The molecule has 0 aliphatic rings. The molecule has 0 saturated carbocycles. The lowest BCUT2D eigenvalue weighted by Gasteiger charge is -2.11. The van der Waals surface area contributed by atoms with Crippen molar-refractivity contribution in [2.75, 3.05) is 0 Å². The quantitative estimate of drug-likeness (QED) is 0.630. The summed E-state index contributed by atoms with van der Waals surface area (Å²) in [6.45, 7) is 4.31. The van der Waals surface area contributed by atoms with Crippen LogP contribution in [0.25, 0.3) is 11.4 Å². The van der Waals surface area contributed by atoms with E-state index >= 15 is 0 Å². The van der Waals surface area contributed by atoms with Crippen molar-refractivity contribution < 1.29 is 0 Å². The molecule has 0 saturated heterocycles. The monoisotopic (exact) mass is 402 g/mol. The van der Waals surface area contributed by atoms with E-state index in [0.29, 0.717) is 16.9 Å². The minimum Gasteiger partial charge on any atom is -0.232 e. The van der Waals surface area contributed by atoms with Gasteiger partial charge in [0.05, 0.1) is 10.2 Å². The Kier molecular flexibility index (Phi) is 4.98. The summed E-state index contributed by atoms with van der Waals surface area (Å²) in [6, 6.07) is 7.87. The second-order valence-electron chi connectivity index (χ2n) is 4.68. The van der Waals surface area contributed by atoms with Crippen LogP contribution < -0.4 is 0 Å². The van der Waals surface area contributed by atoms with E-state index in [9.17, 15) is 0 Å². The van der Waals surface area contributed by atoms with Crippen LogP contribution in [0.2, 0.25) is 5.15 Å². The molecular weight excluding hydrogens is 391 g/mol. The third kappa shape index (κ3) is 3.56. The predicted octanol–water partition coefficient (Wildman–Crippen LogP) is 5.52. The Bertz CT molecular complexity index is 600. The lowest BCUT2D eigenvalue weighted by Crippen LogP contribution is -2.03. The van der Waals surface area contributed by atoms with Gasteiger partial charge in [0.1, 0.15) is 5.15 Å². The minimum atomic E-state index is 0.455. The van der Waals surface area contributed by atoms with Crippen molar-refractivity contribution in [2.24, 2.45) is 5.92 Å². The standard InChI is InChI=1S/C14H13Br2ClN2/c1-8(2)7-11-12(16)13(17)19-14(18-11)9-5-3-4-6-10(9)15/h3-6,8H,7H2,1-2H3. The Morgan fingerprint density at radius 3 is 2.47 bits per heavy atom. The third-order valence-corrected chi connectivity index (χ3v) is 4.62. The summed E-state index contributed by atoms with van der Waals surface area (Å²) in [6.07, 6.45) is 0.861. The van der Waals surface area contributed by atoms with Crippen molar-refractivity contribution in [2.45, 2.75) is 20.3 Å². The molecule has 2 rings (SSSR count). The van der Waals surface area contributed by atoms with Gasteiger partial charge in [-0.25, -0.2) is 9.97 Å². The third-order valence-electron chi connectivity index (χ3n) is 2.60. The molecular formula is C14H13Br2ClN2. The highest BCUT2D eigenvalue weighted by molar-refractivity contribution is 9.11. The maximum absolute atomic E-state index is 6.19. The van der Waals surface area contributed by atoms with E-state index in [2.05, 4.69) is 55.7 Å². The Morgan fingerprint density at radius 2 is 1.84 bits per heavy atom. The molecule has 19 heavy (non-hydrogen) atoms. The molecule has 0 unspecified atom stereocenters. The van der Waals surface area contributed by atoms with E-state index in [4.69, 9.17) is 11.6 Å². The Balaban J connectivity index is 2.54. The first kappa shape index (κ1) is 14.9. The fraction of sp³-hybridized carbons (Fsp3) is 0.286. The first-order valence-corrected chi connectivity index (χ1v) is 7.92. The van der Waals surface area contributed by atoms with Gasteiger partial charge in [0, 0.05) is 10.0 Å². The van der Waals surface area contributed by atoms with Crippen LogP contribution in [0.1, 0.15) is 19.5 Å². The van der Waals surface area contributed by atoms with Crippen molar-refractivity contribution >= 4 is 43.5 Å². The average molecular weight is 405 g/mol.